The fourth-order valence-corrected chi connectivity index (χ4v) is 3.75. The van der Waals surface area contributed by atoms with Crippen molar-refractivity contribution in [3.05, 3.63) is 45.5 Å². The van der Waals surface area contributed by atoms with Gasteiger partial charge in [0.15, 0.2) is 4.96 Å². The summed E-state index contributed by atoms with van der Waals surface area (Å²) in [5.74, 6) is -0.778. The first-order chi connectivity index (χ1) is 10.1. The lowest BCUT2D eigenvalue weighted by Crippen LogP contribution is -2.00. The Balaban J connectivity index is 2.06. The molecule has 21 heavy (non-hydrogen) atoms. The molecule has 1 N–H and O–H groups in total. The SMILES string of the molecule is Cc1c(-c2cccc(Br)c2)nc2scc(CCC(=O)O)n12. The lowest BCUT2D eigenvalue weighted by molar-refractivity contribution is -0.136. The van der Waals surface area contributed by atoms with Gasteiger partial charge in [0.25, 0.3) is 0 Å². The third-order valence-electron chi connectivity index (χ3n) is 3.36. The normalized spacial score (nSPS) is 11.1. The van der Waals surface area contributed by atoms with E-state index in [1.807, 2.05) is 36.6 Å². The van der Waals surface area contributed by atoms with Crippen LogP contribution in [0.4, 0.5) is 0 Å². The van der Waals surface area contributed by atoms with E-state index in [4.69, 9.17) is 5.11 Å². The number of carboxylic acids is 1. The molecule has 0 radical (unpaired) electrons. The maximum atomic E-state index is 10.8. The molecular weight excluding hydrogens is 352 g/mol. The van der Waals surface area contributed by atoms with Crippen molar-refractivity contribution in [3.8, 4) is 11.3 Å². The van der Waals surface area contributed by atoms with E-state index in [-0.39, 0.29) is 6.42 Å². The second-order valence-corrected chi connectivity index (χ2v) is 6.55. The minimum absolute atomic E-state index is 0.135. The first kappa shape index (κ1) is 14.3. The molecule has 0 fully saturated rings. The van der Waals surface area contributed by atoms with Crippen LogP contribution in [-0.2, 0) is 11.2 Å². The van der Waals surface area contributed by atoms with E-state index in [2.05, 4.69) is 25.3 Å². The molecule has 3 rings (SSSR count). The average Bonchev–Trinajstić information content (AvgIpc) is 2.97. The number of rotatable bonds is 4. The highest BCUT2D eigenvalue weighted by Gasteiger charge is 2.15. The van der Waals surface area contributed by atoms with Crippen LogP contribution in [0.5, 0.6) is 0 Å². The number of carbonyl (C=O) groups is 1. The van der Waals surface area contributed by atoms with Crippen LogP contribution in [0.2, 0.25) is 0 Å². The molecule has 0 aliphatic carbocycles. The Hall–Kier alpha value is -1.66. The molecule has 0 aliphatic heterocycles. The third kappa shape index (κ3) is 2.73. The molecular formula is C15H13BrN2O2S. The largest absolute Gasteiger partial charge is 0.481 e. The number of imidazole rings is 1. The smallest absolute Gasteiger partial charge is 0.303 e. The molecule has 0 saturated heterocycles. The lowest BCUT2D eigenvalue weighted by atomic mass is 10.1. The maximum Gasteiger partial charge on any atom is 0.303 e. The molecule has 2 aromatic heterocycles. The summed E-state index contributed by atoms with van der Waals surface area (Å²) >= 11 is 5.02. The van der Waals surface area contributed by atoms with Crippen LogP contribution < -0.4 is 0 Å². The summed E-state index contributed by atoms with van der Waals surface area (Å²) in [6.45, 7) is 2.02. The van der Waals surface area contributed by atoms with Gasteiger partial charge in [-0.2, -0.15) is 0 Å². The van der Waals surface area contributed by atoms with E-state index in [0.717, 1.165) is 32.1 Å². The first-order valence-electron chi connectivity index (χ1n) is 6.49. The maximum absolute atomic E-state index is 10.8. The standard InChI is InChI=1S/C15H13BrN2O2S/c1-9-14(10-3-2-4-11(16)7-10)17-15-18(9)12(8-21-15)5-6-13(19)20/h2-4,7-8H,5-6H2,1H3,(H,19,20). The quantitative estimate of drug-likeness (QED) is 0.756. The van der Waals surface area contributed by atoms with Gasteiger partial charge in [-0.05, 0) is 25.5 Å². The number of halogens is 1. The van der Waals surface area contributed by atoms with Crippen LogP contribution in [0.3, 0.4) is 0 Å². The summed E-state index contributed by atoms with van der Waals surface area (Å²) in [7, 11) is 0. The van der Waals surface area contributed by atoms with Crippen LogP contribution in [0.1, 0.15) is 17.8 Å². The van der Waals surface area contributed by atoms with Gasteiger partial charge in [0.1, 0.15) is 0 Å². The second-order valence-electron chi connectivity index (χ2n) is 4.79. The molecule has 0 bridgehead atoms. The van der Waals surface area contributed by atoms with E-state index in [1.165, 1.54) is 0 Å². The van der Waals surface area contributed by atoms with Gasteiger partial charge in [-0.25, -0.2) is 4.98 Å². The van der Waals surface area contributed by atoms with E-state index >= 15 is 0 Å². The summed E-state index contributed by atoms with van der Waals surface area (Å²) in [6.07, 6.45) is 0.653. The van der Waals surface area contributed by atoms with Crippen molar-refractivity contribution in [3.63, 3.8) is 0 Å². The van der Waals surface area contributed by atoms with Crippen molar-refractivity contribution in [2.45, 2.75) is 19.8 Å². The van der Waals surface area contributed by atoms with Gasteiger partial charge < -0.3 is 5.11 Å². The monoisotopic (exact) mass is 364 g/mol. The van der Waals surface area contributed by atoms with Crippen molar-refractivity contribution >= 4 is 38.2 Å². The van der Waals surface area contributed by atoms with Crippen molar-refractivity contribution in [1.29, 1.82) is 0 Å². The molecule has 0 spiro atoms. The summed E-state index contributed by atoms with van der Waals surface area (Å²) in [4.78, 5) is 16.3. The second kappa shape index (κ2) is 5.61. The molecule has 2 heterocycles. The predicted molar refractivity (Wildman–Crippen MR) is 86.9 cm³/mol. The summed E-state index contributed by atoms with van der Waals surface area (Å²) in [5, 5.41) is 10.8. The molecule has 6 heteroatoms. The van der Waals surface area contributed by atoms with E-state index in [0.29, 0.717) is 6.42 Å². The van der Waals surface area contributed by atoms with Gasteiger partial charge in [-0.1, -0.05) is 28.1 Å². The lowest BCUT2D eigenvalue weighted by Gasteiger charge is -2.02. The van der Waals surface area contributed by atoms with Crippen LogP contribution in [0.25, 0.3) is 16.2 Å². The fourth-order valence-electron chi connectivity index (χ4n) is 2.38. The Morgan fingerprint density at radius 1 is 1.48 bits per heavy atom. The molecule has 1 aromatic carbocycles. The number of aryl methyl sites for hydroxylation is 2. The van der Waals surface area contributed by atoms with Gasteiger partial charge in [-0.15, -0.1) is 11.3 Å². The number of hydrogen-bond acceptors (Lipinski definition) is 3. The first-order valence-corrected chi connectivity index (χ1v) is 8.16. The van der Waals surface area contributed by atoms with Gasteiger partial charge in [-0.3, -0.25) is 9.20 Å². The highest BCUT2D eigenvalue weighted by atomic mass is 79.9. The average molecular weight is 365 g/mol. The van der Waals surface area contributed by atoms with Crippen molar-refractivity contribution in [1.82, 2.24) is 9.38 Å². The molecule has 0 atom stereocenters. The van der Waals surface area contributed by atoms with E-state index < -0.39 is 5.97 Å². The zero-order valence-electron chi connectivity index (χ0n) is 11.3. The predicted octanol–water partition coefficient (Wildman–Crippen LogP) is 4.15. The highest BCUT2D eigenvalue weighted by Crippen LogP contribution is 2.29. The van der Waals surface area contributed by atoms with Crippen molar-refractivity contribution < 1.29 is 9.90 Å². The Bertz CT molecular complexity index is 822. The Morgan fingerprint density at radius 3 is 3.00 bits per heavy atom. The number of hydrogen-bond donors (Lipinski definition) is 1. The number of fused-ring (bicyclic) bond motifs is 1. The van der Waals surface area contributed by atoms with Gasteiger partial charge in [0, 0.05) is 26.8 Å². The Kier molecular flexibility index (Phi) is 3.82. The Morgan fingerprint density at radius 2 is 2.29 bits per heavy atom. The number of nitrogens with zero attached hydrogens (tertiary/aromatic N) is 2. The molecule has 0 aliphatic rings. The zero-order chi connectivity index (χ0) is 15.0. The van der Waals surface area contributed by atoms with Crippen LogP contribution in [0, 0.1) is 6.92 Å². The van der Waals surface area contributed by atoms with Gasteiger partial charge in [0.05, 0.1) is 12.1 Å². The van der Waals surface area contributed by atoms with Crippen molar-refractivity contribution in [2.24, 2.45) is 0 Å². The highest BCUT2D eigenvalue weighted by molar-refractivity contribution is 9.10. The zero-order valence-corrected chi connectivity index (χ0v) is 13.7. The van der Waals surface area contributed by atoms with Crippen molar-refractivity contribution in [2.75, 3.05) is 0 Å². The van der Waals surface area contributed by atoms with Crippen LogP contribution in [0.15, 0.2) is 34.1 Å². The third-order valence-corrected chi connectivity index (χ3v) is 4.73. The van der Waals surface area contributed by atoms with Crippen LogP contribution in [-0.4, -0.2) is 20.5 Å². The summed E-state index contributed by atoms with van der Waals surface area (Å²) in [5.41, 5.74) is 4.05. The van der Waals surface area contributed by atoms with Gasteiger partial charge in [0.2, 0.25) is 0 Å². The topological polar surface area (TPSA) is 54.6 Å². The molecule has 108 valence electrons. The number of carboxylic acid groups (broad SMARTS) is 1. The van der Waals surface area contributed by atoms with Gasteiger partial charge >= 0.3 is 5.97 Å². The number of aromatic nitrogens is 2. The number of thiazole rings is 1. The van der Waals surface area contributed by atoms with Crippen LogP contribution >= 0.6 is 27.3 Å². The molecule has 0 amide bonds. The molecule has 0 saturated carbocycles. The minimum atomic E-state index is -0.778. The Labute approximate surface area is 134 Å². The van der Waals surface area contributed by atoms with E-state index in [1.54, 1.807) is 11.3 Å². The minimum Gasteiger partial charge on any atom is -0.481 e. The molecule has 0 unspecified atom stereocenters. The van der Waals surface area contributed by atoms with E-state index in [9.17, 15) is 4.79 Å². The molecule has 3 aromatic rings. The molecule has 4 nitrogen and oxygen atoms in total. The number of benzene rings is 1. The fraction of sp³-hybridized carbons (Fsp3) is 0.200. The summed E-state index contributed by atoms with van der Waals surface area (Å²) < 4.78 is 3.07. The summed E-state index contributed by atoms with van der Waals surface area (Å²) in [6, 6.07) is 8.03. The number of aliphatic carboxylic acids is 1.